The highest BCUT2D eigenvalue weighted by Gasteiger charge is 2.34. The summed E-state index contributed by atoms with van der Waals surface area (Å²) in [4.78, 5) is 13.6. The van der Waals surface area contributed by atoms with Gasteiger partial charge >= 0.3 is 0 Å². The van der Waals surface area contributed by atoms with E-state index in [4.69, 9.17) is 16.8 Å². The molecule has 0 saturated carbocycles. The summed E-state index contributed by atoms with van der Waals surface area (Å²) in [7, 11) is -3.66. The summed E-state index contributed by atoms with van der Waals surface area (Å²) < 4.78 is 39.8. The first-order valence-electron chi connectivity index (χ1n) is 8.27. The summed E-state index contributed by atoms with van der Waals surface area (Å²) in [5.41, 5.74) is 2.19. The number of hydrogen-bond donors (Lipinski definition) is 2. The fourth-order valence-corrected chi connectivity index (χ4v) is 5.14. The number of sulfonamides is 1. The van der Waals surface area contributed by atoms with Crippen LogP contribution in [-0.2, 0) is 14.8 Å². The van der Waals surface area contributed by atoms with Gasteiger partial charge in [0.1, 0.15) is 5.82 Å². The fraction of sp³-hybridized carbons (Fsp3) is 0.562. The van der Waals surface area contributed by atoms with Crippen molar-refractivity contribution in [3.63, 3.8) is 0 Å². The van der Waals surface area contributed by atoms with Gasteiger partial charge in [-0.25, -0.2) is 18.3 Å². The number of nitrogens with zero attached hydrogens (tertiary/aromatic N) is 2. The molecule has 1 amide bonds. The van der Waals surface area contributed by atoms with E-state index < -0.39 is 27.7 Å². The molecule has 1 fully saturated rings. The lowest BCUT2D eigenvalue weighted by atomic mass is 9.97. The van der Waals surface area contributed by atoms with Crippen molar-refractivity contribution in [2.45, 2.75) is 13.8 Å². The zero-order valence-electron chi connectivity index (χ0n) is 14.7. The number of carbonyl (C=O) groups is 1. The molecule has 0 aromatic heterocycles. The first-order valence-corrected chi connectivity index (χ1v) is 10.3. The van der Waals surface area contributed by atoms with Crippen LogP contribution in [0.1, 0.15) is 13.8 Å². The van der Waals surface area contributed by atoms with Gasteiger partial charge in [0.05, 0.1) is 22.4 Å². The molecule has 0 spiro atoms. The first-order chi connectivity index (χ1) is 12.2. The van der Waals surface area contributed by atoms with Crippen molar-refractivity contribution in [3.05, 3.63) is 29.0 Å². The summed E-state index contributed by atoms with van der Waals surface area (Å²) in [6, 6.07) is 4.11. The van der Waals surface area contributed by atoms with Crippen LogP contribution >= 0.6 is 11.6 Å². The smallest absolute Gasteiger partial charge is 0.247 e. The summed E-state index contributed by atoms with van der Waals surface area (Å²) in [5.74, 6) is -2.58. The van der Waals surface area contributed by atoms with Crippen LogP contribution in [0.2, 0.25) is 5.02 Å². The highest BCUT2D eigenvalue weighted by atomic mass is 35.5. The van der Waals surface area contributed by atoms with Gasteiger partial charge in [0.15, 0.2) is 0 Å². The molecular formula is C16H23ClFN3O4S. The number of hydrogen-bond acceptors (Lipinski definition) is 5. The van der Waals surface area contributed by atoms with Crippen LogP contribution in [-0.4, -0.2) is 55.8 Å². The predicted molar refractivity (Wildman–Crippen MR) is 97.2 cm³/mol. The monoisotopic (exact) mass is 407 g/mol. The Kier molecular flexibility index (Phi) is 6.84. The van der Waals surface area contributed by atoms with E-state index >= 15 is 0 Å². The Labute approximate surface area is 157 Å². The maximum Gasteiger partial charge on any atom is 0.247 e. The molecule has 1 unspecified atom stereocenters. The molecule has 0 radical (unpaired) electrons. The number of carbonyl (C=O) groups excluding carboxylic acids is 1. The largest absolute Gasteiger partial charge is 0.368 e. The minimum atomic E-state index is -3.66. The molecule has 0 aliphatic carbocycles. The minimum absolute atomic E-state index is 0.238. The van der Waals surface area contributed by atoms with E-state index in [1.807, 2.05) is 4.90 Å². The normalized spacial score (nSPS) is 17.4. The van der Waals surface area contributed by atoms with Crippen molar-refractivity contribution in [1.82, 2.24) is 9.79 Å². The third-order valence-electron chi connectivity index (χ3n) is 4.52. The van der Waals surface area contributed by atoms with E-state index in [0.29, 0.717) is 18.8 Å². The Hall–Kier alpha value is -1.42. The quantitative estimate of drug-likeness (QED) is 0.553. The predicted octanol–water partition coefficient (Wildman–Crippen LogP) is 1.71. The zero-order chi connectivity index (χ0) is 19.5. The third kappa shape index (κ3) is 4.85. The lowest BCUT2D eigenvalue weighted by Crippen LogP contribution is -2.51. The molecule has 1 atom stereocenters. The minimum Gasteiger partial charge on any atom is -0.368 e. The van der Waals surface area contributed by atoms with Crippen LogP contribution in [0.15, 0.2) is 18.2 Å². The number of amides is 1. The molecule has 0 bridgehead atoms. The van der Waals surface area contributed by atoms with Crippen LogP contribution in [0, 0.1) is 17.7 Å². The Morgan fingerprint density at radius 2 is 1.92 bits per heavy atom. The van der Waals surface area contributed by atoms with E-state index in [1.54, 1.807) is 19.9 Å². The van der Waals surface area contributed by atoms with Gasteiger partial charge in [0.25, 0.3) is 0 Å². The van der Waals surface area contributed by atoms with E-state index in [-0.39, 0.29) is 29.8 Å². The molecule has 146 valence electrons. The Bertz CT molecular complexity index is 752. The molecule has 7 nitrogen and oxygen atoms in total. The van der Waals surface area contributed by atoms with E-state index in [2.05, 4.69) is 0 Å². The topological polar surface area (TPSA) is 90.0 Å². The van der Waals surface area contributed by atoms with Crippen molar-refractivity contribution in [1.29, 1.82) is 0 Å². The van der Waals surface area contributed by atoms with Crippen LogP contribution in [0.25, 0.3) is 0 Å². The Morgan fingerprint density at radius 1 is 1.31 bits per heavy atom. The van der Waals surface area contributed by atoms with Crippen molar-refractivity contribution >= 4 is 33.2 Å². The van der Waals surface area contributed by atoms with Gasteiger partial charge in [-0.1, -0.05) is 25.4 Å². The van der Waals surface area contributed by atoms with Gasteiger partial charge in [-0.3, -0.25) is 10.0 Å². The molecule has 2 rings (SSSR count). The molecule has 10 heteroatoms. The lowest BCUT2D eigenvalue weighted by molar-refractivity contribution is -0.134. The number of hydroxylamine groups is 1. The average Bonchev–Trinajstić information content (AvgIpc) is 2.59. The Balaban J connectivity index is 2.04. The second-order valence-electron chi connectivity index (χ2n) is 6.59. The fourth-order valence-electron chi connectivity index (χ4n) is 2.93. The molecular weight excluding hydrogens is 385 g/mol. The molecule has 1 aliphatic heterocycles. The third-order valence-corrected chi connectivity index (χ3v) is 6.76. The number of nitrogens with one attached hydrogen (secondary N) is 1. The van der Waals surface area contributed by atoms with Crippen LogP contribution in [0.5, 0.6) is 0 Å². The van der Waals surface area contributed by atoms with E-state index in [0.717, 1.165) is 0 Å². The summed E-state index contributed by atoms with van der Waals surface area (Å²) >= 11 is 6.06. The highest BCUT2D eigenvalue weighted by Crippen LogP contribution is 2.28. The van der Waals surface area contributed by atoms with Gasteiger partial charge < -0.3 is 4.90 Å². The SMILES string of the molecule is CC(C)C(CS(=O)(=O)N1CCN(c2ccc(F)cc2Cl)CC1)C(=O)NO. The van der Waals surface area contributed by atoms with E-state index in [9.17, 15) is 17.6 Å². The van der Waals surface area contributed by atoms with Crippen LogP contribution < -0.4 is 10.4 Å². The highest BCUT2D eigenvalue weighted by molar-refractivity contribution is 7.89. The van der Waals surface area contributed by atoms with Crippen molar-refractivity contribution < 1.29 is 22.8 Å². The second kappa shape index (κ2) is 8.51. The van der Waals surface area contributed by atoms with Gasteiger partial charge in [0, 0.05) is 26.2 Å². The molecule has 1 saturated heterocycles. The number of anilines is 1. The summed E-state index contributed by atoms with van der Waals surface area (Å²) in [5, 5.41) is 9.09. The van der Waals surface area contributed by atoms with Crippen molar-refractivity contribution in [2.24, 2.45) is 11.8 Å². The van der Waals surface area contributed by atoms with Gasteiger partial charge in [-0.15, -0.1) is 0 Å². The second-order valence-corrected chi connectivity index (χ2v) is 9.01. The number of piperazine rings is 1. The van der Waals surface area contributed by atoms with Crippen molar-refractivity contribution in [3.8, 4) is 0 Å². The average molecular weight is 408 g/mol. The van der Waals surface area contributed by atoms with Gasteiger partial charge in [0.2, 0.25) is 15.9 Å². The number of halogens is 2. The zero-order valence-corrected chi connectivity index (χ0v) is 16.2. The van der Waals surface area contributed by atoms with Gasteiger partial charge in [-0.05, 0) is 24.1 Å². The molecule has 2 N–H and O–H groups in total. The number of rotatable bonds is 6. The van der Waals surface area contributed by atoms with E-state index in [1.165, 1.54) is 21.9 Å². The summed E-state index contributed by atoms with van der Waals surface area (Å²) in [6.45, 7) is 4.74. The Morgan fingerprint density at radius 3 is 2.42 bits per heavy atom. The molecule has 1 aromatic carbocycles. The maximum absolute atomic E-state index is 13.2. The standard InChI is InChI=1S/C16H23ClFN3O4S/c1-11(2)13(16(22)19-23)10-26(24,25)21-7-5-20(6-8-21)15-4-3-12(18)9-14(15)17/h3-4,9,11,13,23H,5-8,10H2,1-2H3,(H,19,22). The van der Waals surface area contributed by atoms with Gasteiger partial charge in [-0.2, -0.15) is 4.31 Å². The van der Waals surface area contributed by atoms with Crippen LogP contribution in [0.4, 0.5) is 10.1 Å². The van der Waals surface area contributed by atoms with Crippen molar-refractivity contribution in [2.75, 3.05) is 36.8 Å². The molecule has 1 aliphatic rings. The molecule has 1 heterocycles. The summed E-state index contributed by atoms with van der Waals surface area (Å²) in [6.07, 6.45) is 0. The maximum atomic E-state index is 13.2. The first kappa shape index (κ1) is 20.9. The van der Waals surface area contributed by atoms with Crippen LogP contribution in [0.3, 0.4) is 0 Å². The molecule has 26 heavy (non-hydrogen) atoms. The number of benzene rings is 1. The molecule has 1 aromatic rings. The lowest BCUT2D eigenvalue weighted by Gasteiger charge is -2.36.